The molecule has 1 aromatic carbocycles. The van der Waals surface area contributed by atoms with Crippen LogP contribution in [0.25, 0.3) is 0 Å². The molecule has 0 unspecified atom stereocenters. The van der Waals surface area contributed by atoms with Gasteiger partial charge in [0.25, 0.3) is 0 Å². The normalized spacial score (nSPS) is 9.93. The van der Waals surface area contributed by atoms with Crippen molar-refractivity contribution in [1.29, 1.82) is 0 Å². The Bertz CT molecular complexity index is 365. The first kappa shape index (κ1) is 10.8. The Kier molecular flexibility index (Phi) is 3.33. The summed E-state index contributed by atoms with van der Waals surface area (Å²) in [5, 5.41) is 21.1. The summed E-state index contributed by atoms with van der Waals surface area (Å²) < 4.78 is 0. The first-order chi connectivity index (χ1) is 6.56. The molecule has 0 fully saturated rings. The number of halogens is 1. The molecule has 14 heavy (non-hydrogen) atoms. The van der Waals surface area contributed by atoms with Crippen LogP contribution in [-0.4, -0.2) is 16.1 Å². The topological polar surface area (TPSA) is 69.6 Å². The molecular weight excluding hydrogens is 206 g/mol. The largest absolute Gasteiger partial charge is 0.506 e. The lowest BCUT2D eigenvalue weighted by Gasteiger charge is -2.11. The van der Waals surface area contributed by atoms with Crippen molar-refractivity contribution in [2.45, 2.75) is 13.5 Å². The van der Waals surface area contributed by atoms with Crippen LogP contribution in [0.2, 0.25) is 5.02 Å². The van der Waals surface area contributed by atoms with Crippen LogP contribution in [0.4, 0.5) is 5.69 Å². The molecule has 5 heteroatoms. The Labute approximate surface area is 86.1 Å². The van der Waals surface area contributed by atoms with E-state index in [1.54, 1.807) is 0 Å². The fraction of sp³-hybridized carbons (Fsp3) is 0.222. The summed E-state index contributed by atoms with van der Waals surface area (Å²) in [4.78, 5) is 10.8. The summed E-state index contributed by atoms with van der Waals surface area (Å²) in [5.41, 5.74) is 0.467. The van der Waals surface area contributed by atoms with Crippen molar-refractivity contribution in [2.24, 2.45) is 0 Å². The molecule has 0 radical (unpaired) electrons. The number of amides is 1. The molecule has 0 saturated carbocycles. The van der Waals surface area contributed by atoms with Gasteiger partial charge in [-0.15, -0.1) is 0 Å². The number of hydrogen-bond donors (Lipinski definition) is 3. The predicted molar refractivity (Wildman–Crippen MR) is 53.3 cm³/mol. The number of rotatable bonds is 2. The van der Waals surface area contributed by atoms with Crippen LogP contribution in [0.3, 0.4) is 0 Å². The Morgan fingerprint density at radius 3 is 2.71 bits per heavy atom. The molecule has 1 aromatic rings. The highest BCUT2D eigenvalue weighted by atomic mass is 35.5. The van der Waals surface area contributed by atoms with Crippen LogP contribution >= 0.6 is 11.6 Å². The molecule has 1 rings (SSSR count). The second kappa shape index (κ2) is 4.30. The van der Waals surface area contributed by atoms with E-state index < -0.39 is 0 Å². The van der Waals surface area contributed by atoms with Crippen LogP contribution in [0.5, 0.6) is 5.75 Å². The first-order valence-corrected chi connectivity index (χ1v) is 4.33. The van der Waals surface area contributed by atoms with Gasteiger partial charge in [-0.25, -0.2) is 0 Å². The van der Waals surface area contributed by atoms with E-state index in [9.17, 15) is 9.90 Å². The van der Waals surface area contributed by atoms with Gasteiger partial charge in [0.2, 0.25) is 5.91 Å². The zero-order valence-corrected chi connectivity index (χ0v) is 8.30. The summed E-state index contributed by atoms with van der Waals surface area (Å²) in [6.45, 7) is 0.963. The van der Waals surface area contributed by atoms with Crippen molar-refractivity contribution >= 4 is 23.2 Å². The molecule has 0 aliphatic rings. The monoisotopic (exact) mass is 215 g/mol. The van der Waals surface area contributed by atoms with E-state index in [1.165, 1.54) is 19.1 Å². The molecule has 76 valence electrons. The van der Waals surface area contributed by atoms with Gasteiger partial charge in [-0.05, 0) is 12.1 Å². The lowest BCUT2D eigenvalue weighted by Crippen LogP contribution is -2.08. The Morgan fingerprint density at radius 1 is 1.57 bits per heavy atom. The average Bonchev–Trinajstić information content (AvgIpc) is 2.11. The van der Waals surface area contributed by atoms with Gasteiger partial charge in [0, 0.05) is 17.5 Å². The molecular formula is C9H10ClNO3. The fourth-order valence-electron chi connectivity index (χ4n) is 1.08. The van der Waals surface area contributed by atoms with Crippen LogP contribution in [0, 0.1) is 0 Å². The highest BCUT2D eigenvalue weighted by molar-refractivity contribution is 6.32. The number of aliphatic hydroxyl groups excluding tert-OH is 1. The SMILES string of the molecule is CC(=O)Nc1c(O)ccc(Cl)c1CO. The van der Waals surface area contributed by atoms with Gasteiger partial charge in [0.1, 0.15) is 5.75 Å². The molecule has 0 saturated heterocycles. The highest BCUT2D eigenvalue weighted by Gasteiger charge is 2.11. The Balaban J connectivity index is 3.22. The molecule has 0 heterocycles. The number of carbonyl (C=O) groups is 1. The van der Waals surface area contributed by atoms with Crippen molar-refractivity contribution < 1.29 is 15.0 Å². The zero-order valence-electron chi connectivity index (χ0n) is 7.54. The minimum atomic E-state index is -0.344. The highest BCUT2D eigenvalue weighted by Crippen LogP contribution is 2.32. The Morgan fingerprint density at radius 2 is 2.21 bits per heavy atom. The summed E-state index contributed by atoms with van der Waals surface area (Å²) in [5.74, 6) is -0.453. The number of aliphatic hydroxyl groups is 1. The van der Waals surface area contributed by atoms with Crippen molar-refractivity contribution in [2.75, 3.05) is 5.32 Å². The number of nitrogens with one attached hydrogen (secondary N) is 1. The maximum absolute atomic E-state index is 10.8. The van der Waals surface area contributed by atoms with E-state index in [0.717, 1.165) is 0 Å². The van der Waals surface area contributed by atoms with Crippen molar-refractivity contribution in [3.8, 4) is 5.75 Å². The standard InChI is InChI=1S/C9H10ClNO3/c1-5(13)11-9-6(4-12)7(10)2-3-8(9)14/h2-3,12,14H,4H2,1H3,(H,11,13). The van der Waals surface area contributed by atoms with Crippen LogP contribution in [0.1, 0.15) is 12.5 Å². The molecule has 1 amide bonds. The van der Waals surface area contributed by atoms with Gasteiger partial charge in [0.15, 0.2) is 0 Å². The lowest BCUT2D eigenvalue weighted by atomic mass is 10.1. The van der Waals surface area contributed by atoms with E-state index >= 15 is 0 Å². The number of aromatic hydroxyl groups is 1. The molecule has 0 bridgehead atoms. The smallest absolute Gasteiger partial charge is 0.221 e. The molecule has 0 aliphatic carbocycles. The van der Waals surface area contributed by atoms with Crippen LogP contribution in [0.15, 0.2) is 12.1 Å². The summed E-state index contributed by atoms with van der Waals surface area (Å²) in [6.07, 6.45) is 0. The van der Waals surface area contributed by atoms with Gasteiger partial charge in [-0.2, -0.15) is 0 Å². The minimum absolute atomic E-state index is 0.117. The number of benzene rings is 1. The summed E-state index contributed by atoms with van der Waals surface area (Å²) in [7, 11) is 0. The summed E-state index contributed by atoms with van der Waals surface area (Å²) >= 11 is 5.76. The van der Waals surface area contributed by atoms with Gasteiger partial charge >= 0.3 is 0 Å². The van der Waals surface area contributed by atoms with Gasteiger partial charge in [0.05, 0.1) is 12.3 Å². The minimum Gasteiger partial charge on any atom is -0.506 e. The fourth-order valence-corrected chi connectivity index (χ4v) is 1.30. The van der Waals surface area contributed by atoms with Crippen LogP contribution < -0.4 is 5.32 Å². The van der Waals surface area contributed by atoms with E-state index in [4.69, 9.17) is 16.7 Å². The predicted octanol–water partition coefficient (Wildman–Crippen LogP) is 1.50. The second-order valence-corrected chi connectivity index (χ2v) is 3.17. The molecule has 0 aromatic heterocycles. The molecule has 4 nitrogen and oxygen atoms in total. The molecule has 3 N–H and O–H groups in total. The van der Waals surface area contributed by atoms with Gasteiger partial charge in [-0.1, -0.05) is 11.6 Å². The lowest BCUT2D eigenvalue weighted by molar-refractivity contribution is -0.114. The number of phenolic OH excluding ortho intramolecular Hbond substituents is 1. The first-order valence-electron chi connectivity index (χ1n) is 3.95. The van der Waals surface area contributed by atoms with Crippen molar-refractivity contribution in [1.82, 2.24) is 0 Å². The maximum Gasteiger partial charge on any atom is 0.221 e. The van der Waals surface area contributed by atoms with Gasteiger partial charge in [-0.3, -0.25) is 4.79 Å². The number of hydrogen-bond acceptors (Lipinski definition) is 3. The average molecular weight is 216 g/mol. The van der Waals surface area contributed by atoms with E-state index in [2.05, 4.69) is 5.32 Å². The molecule has 0 spiro atoms. The van der Waals surface area contributed by atoms with Crippen LogP contribution in [-0.2, 0) is 11.4 Å². The molecule has 0 atom stereocenters. The third kappa shape index (κ3) is 2.16. The Hall–Kier alpha value is -1.26. The molecule has 0 aliphatic heterocycles. The van der Waals surface area contributed by atoms with E-state index in [0.29, 0.717) is 10.6 Å². The van der Waals surface area contributed by atoms with Crippen molar-refractivity contribution in [3.05, 3.63) is 22.7 Å². The van der Waals surface area contributed by atoms with Gasteiger partial charge < -0.3 is 15.5 Å². The maximum atomic E-state index is 10.8. The number of phenols is 1. The summed E-state index contributed by atoms with van der Waals surface area (Å²) in [6, 6.07) is 2.81. The quantitative estimate of drug-likeness (QED) is 0.655. The van der Waals surface area contributed by atoms with Crippen molar-refractivity contribution in [3.63, 3.8) is 0 Å². The van der Waals surface area contributed by atoms with E-state index in [-0.39, 0.29) is 24.0 Å². The second-order valence-electron chi connectivity index (χ2n) is 2.76. The number of carbonyl (C=O) groups excluding carboxylic acids is 1. The van der Waals surface area contributed by atoms with E-state index in [1.807, 2.05) is 0 Å². The third-order valence-corrected chi connectivity index (χ3v) is 2.05. The number of anilines is 1. The zero-order chi connectivity index (χ0) is 10.7. The third-order valence-electron chi connectivity index (χ3n) is 1.69.